The Bertz CT molecular complexity index is 1290. The summed E-state index contributed by atoms with van der Waals surface area (Å²) < 4.78 is 9.15. The SMILES string of the molecule is Cc1cc(OCn2ccc(C(=O)Nc3cc(C)n(Cc4cccc(Cl)c4)n3)n2)cc(C)c1Cl. The lowest BCUT2D eigenvalue weighted by Crippen LogP contribution is -2.15. The van der Waals surface area contributed by atoms with E-state index in [0.29, 0.717) is 23.1 Å². The van der Waals surface area contributed by atoms with Gasteiger partial charge >= 0.3 is 0 Å². The van der Waals surface area contributed by atoms with Crippen molar-refractivity contribution in [3.63, 3.8) is 0 Å². The molecule has 0 saturated heterocycles. The number of halogens is 2. The number of anilines is 1. The van der Waals surface area contributed by atoms with Gasteiger partial charge in [-0.15, -0.1) is 0 Å². The Labute approximate surface area is 201 Å². The van der Waals surface area contributed by atoms with Crippen molar-refractivity contribution in [2.45, 2.75) is 34.0 Å². The lowest BCUT2D eigenvalue weighted by atomic mass is 10.1. The highest BCUT2D eigenvalue weighted by atomic mass is 35.5. The maximum absolute atomic E-state index is 12.6. The molecular formula is C24H23Cl2N5O2. The zero-order valence-electron chi connectivity index (χ0n) is 18.5. The summed E-state index contributed by atoms with van der Waals surface area (Å²) in [4.78, 5) is 12.6. The van der Waals surface area contributed by atoms with Crippen LogP contribution in [0.4, 0.5) is 5.82 Å². The number of hydrogen-bond donors (Lipinski definition) is 1. The van der Waals surface area contributed by atoms with Crippen LogP contribution in [-0.2, 0) is 13.3 Å². The molecule has 4 rings (SSSR count). The second-order valence-electron chi connectivity index (χ2n) is 7.80. The molecule has 2 heterocycles. The number of nitrogens with zero attached hydrogens (tertiary/aromatic N) is 4. The topological polar surface area (TPSA) is 74.0 Å². The van der Waals surface area contributed by atoms with Crippen LogP contribution in [0.1, 0.15) is 32.9 Å². The van der Waals surface area contributed by atoms with E-state index in [2.05, 4.69) is 15.5 Å². The van der Waals surface area contributed by atoms with Gasteiger partial charge in [0.2, 0.25) is 0 Å². The largest absolute Gasteiger partial charge is 0.471 e. The van der Waals surface area contributed by atoms with Crippen LogP contribution in [0.2, 0.25) is 10.0 Å². The average Bonchev–Trinajstić information content (AvgIpc) is 3.37. The van der Waals surface area contributed by atoms with Crippen LogP contribution >= 0.6 is 23.2 Å². The molecule has 0 aliphatic carbocycles. The van der Waals surface area contributed by atoms with Gasteiger partial charge in [0.05, 0.1) is 6.54 Å². The highest BCUT2D eigenvalue weighted by Gasteiger charge is 2.13. The Balaban J connectivity index is 1.38. The van der Waals surface area contributed by atoms with E-state index in [-0.39, 0.29) is 18.3 Å². The van der Waals surface area contributed by atoms with E-state index < -0.39 is 0 Å². The second kappa shape index (κ2) is 9.68. The highest BCUT2D eigenvalue weighted by Crippen LogP contribution is 2.26. The van der Waals surface area contributed by atoms with Gasteiger partial charge in [0, 0.05) is 28.0 Å². The van der Waals surface area contributed by atoms with Crippen LogP contribution < -0.4 is 10.1 Å². The Morgan fingerprint density at radius 1 is 1.03 bits per heavy atom. The molecule has 0 aliphatic rings. The first kappa shape index (κ1) is 22.9. The third-order valence-corrected chi connectivity index (χ3v) is 5.92. The van der Waals surface area contributed by atoms with Crippen molar-refractivity contribution < 1.29 is 9.53 Å². The van der Waals surface area contributed by atoms with Gasteiger partial charge in [-0.2, -0.15) is 10.2 Å². The predicted molar refractivity (Wildman–Crippen MR) is 129 cm³/mol. The molecule has 1 N–H and O–H groups in total. The number of nitrogens with one attached hydrogen (secondary N) is 1. The minimum atomic E-state index is -0.348. The first-order chi connectivity index (χ1) is 15.8. The zero-order valence-corrected chi connectivity index (χ0v) is 20.0. The van der Waals surface area contributed by atoms with Crippen molar-refractivity contribution in [2.75, 3.05) is 5.32 Å². The minimum absolute atomic E-state index is 0.168. The van der Waals surface area contributed by atoms with E-state index in [1.807, 2.05) is 67.9 Å². The van der Waals surface area contributed by atoms with Gasteiger partial charge in [0.15, 0.2) is 18.2 Å². The van der Waals surface area contributed by atoms with Crippen molar-refractivity contribution in [2.24, 2.45) is 0 Å². The lowest BCUT2D eigenvalue weighted by Gasteiger charge is -2.10. The Morgan fingerprint density at radius 3 is 2.52 bits per heavy atom. The molecule has 0 unspecified atom stereocenters. The van der Waals surface area contributed by atoms with Crippen molar-refractivity contribution >= 4 is 34.9 Å². The summed E-state index contributed by atoms with van der Waals surface area (Å²) in [5.41, 5.74) is 4.09. The molecule has 170 valence electrons. The number of benzene rings is 2. The molecule has 0 atom stereocenters. The van der Waals surface area contributed by atoms with Crippen molar-refractivity contribution in [3.05, 3.63) is 92.9 Å². The third kappa shape index (κ3) is 5.56. The smallest absolute Gasteiger partial charge is 0.277 e. The number of aromatic nitrogens is 4. The van der Waals surface area contributed by atoms with Gasteiger partial charge in [-0.3, -0.25) is 9.48 Å². The van der Waals surface area contributed by atoms with Crippen LogP contribution in [0.5, 0.6) is 5.75 Å². The minimum Gasteiger partial charge on any atom is -0.471 e. The fourth-order valence-electron chi connectivity index (χ4n) is 3.40. The third-order valence-electron chi connectivity index (χ3n) is 5.09. The second-order valence-corrected chi connectivity index (χ2v) is 8.61. The lowest BCUT2D eigenvalue weighted by molar-refractivity contribution is 0.101. The Kier molecular flexibility index (Phi) is 6.72. The first-order valence-electron chi connectivity index (χ1n) is 10.3. The van der Waals surface area contributed by atoms with Crippen LogP contribution in [0.3, 0.4) is 0 Å². The summed E-state index contributed by atoms with van der Waals surface area (Å²) in [5.74, 6) is 0.799. The van der Waals surface area contributed by atoms with E-state index >= 15 is 0 Å². The van der Waals surface area contributed by atoms with Crippen molar-refractivity contribution in [1.82, 2.24) is 19.6 Å². The molecular weight excluding hydrogens is 461 g/mol. The number of carbonyl (C=O) groups excluding carboxylic acids is 1. The van der Waals surface area contributed by atoms with Gasteiger partial charge in [-0.05, 0) is 67.8 Å². The Morgan fingerprint density at radius 2 is 1.79 bits per heavy atom. The molecule has 9 heteroatoms. The Hall–Kier alpha value is -3.29. The van der Waals surface area contributed by atoms with Crippen molar-refractivity contribution in [1.29, 1.82) is 0 Å². The molecule has 0 spiro atoms. The van der Waals surface area contributed by atoms with E-state index in [0.717, 1.165) is 27.4 Å². The molecule has 7 nitrogen and oxygen atoms in total. The molecule has 0 bridgehead atoms. The van der Waals surface area contributed by atoms with Gasteiger partial charge in [0.1, 0.15) is 5.75 Å². The summed E-state index contributed by atoms with van der Waals surface area (Å²) in [6, 6.07) is 14.8. The first-order valence-corrected chi connectivity index (χ1v) is 11.1. The number of carbonyl (C=O) groups is 1. The van der Waals surface area contributed by atoms with Crippen LogP contribution in [0.15, 0.2) is 54.7 Å². The zero-order chi connectivity index (χ0) is 23.5. The molecule has 0 saturated carbocycles. The predicted octanol–water partition coefficient (Wildman–Crippen LogP) is 5.65. The van der Waals surface area contributed by atoms with Crippen LogP contribution in [0, 0.1) is 20.8 Å². The number of hydrogen-bond acceptors (Lipinski definition) is 4. The summed E-state index contributed by atoms with van der Waals surface area (Å²) in [6.07, 6.45) is 1.69. The summed E-state index contributed by atoms with van der Waals surface area (Å²) in [7, 11) is 0. The monoisotopic (exact) mass is 483 g/mol. The maximum atomic E-state index is 12.6. The summed E-state index contributed by atoms with van der Waals surface area (Å²) >= 11 is 12.3. The molecule has 2 aromatic heterocycles. The van der Waals surface area contributed by atoms with Crippen LogP contribution in [-0.4, -0.2) is 25.5 Å². The number of ether oxygens (including phenoxy) is 1. The molecule has 0 fully saturated rings. The summed E-state index contributed by atoms with van der Waals surface area (Å²) in [5, 5.41) is 13.0. The molecule has 0 aliphatic heterocycles. The molecule has 0 radical (unpaired) electrons. The van der Waals surface area contributed by atoms with Gasteiger partial charge in [0.25, 0.3) is 5.91 Å². The van der Waals surface area contributed by atoms with Gasteiger partial charge in [-0.1, -0.05) is 35.3 Å². The van der Waals surface area contributed by atoms with E-state index in [9.17, 15) is 4.79 Å². The van der Waals surface area contributed by atoms with Gasteiger partial charge < -0.3 is 10.1 Å². The standard InChI is InChI=1S/C24H23Cl2N5O2/c1-15-9-20(10-16(2)23(15)26)33-14-30-8-7-21(28-30)24(32)27-22-11-17(3)31(29-22)13-18-5-4-6-19(25)12-18/h4-12H,13-14H2,1-3H3,(H,27,29,32). The number of aryl methyl sites for hydroxylation is 3. The van der Waals surface area contributed by atoms with E-state index in [1.165, 1.54) is 0 Å². The highest BCUT2D eigenvalue weighted by molar-refractivity contribution is 6.32. The molecule has 1 amide bonds. The van der Waals surface area contributed by atoms with Crippen LogP contribution in [0.25, 0.3) is 0 Å². The molecule has 33 heavy (non-hydrogen) atoms. The molecule has 4 aromatic rings. The normalized spacial score (nSPS) is 10.9. The fraction of sp³-hybridized carbons (Fsp3) is 0.208. The van der Waals surface area contributed by atoms with Gasteiger partial charge in [-0.25, -0.2) is 4.68 Å². The number of rotatable bonds is 7. The summed E-state index contributed by atoms with van der Waals surface area (Å²) in [6.45, 7) is 6.51. The van der Waals surface area contributed by atoms with E-state index in [1.54, 1.807) is 16.9 Å². The number of amides is 1. The van der Waals surface area contributed by atoms with E-state index in [4.69, 9.17) is 27.9 Å². The maximum Gasteiger partial charge on any atom is 0.277 e. The van der Waals surface area contributed by atoms with Crippen molar-refractivity contribution in [3.8, 4) is 5.75 Å². The molecule has 2 aromatic carbocycles. The average molecular weight is 484 g/mol. The quantitative estimate of drug-likeness (QED) is 0.368. The fourth-order valence-corrected chi connectivity index (χ4v) is 3.73.